The average Bonchev–Trinajstić information content (AvgIpc) is 3.58. The molecule has 11 heteroatoms. The topological polar surface area (TPSA) is 125 Å². The van der Waals surface area contributed by atoms with Gasteiger partial charge in [0, 0.05) is 34.6 Å². The predicted octanol–water partition coefficient (Wildman–Crippen LogP) is 13.3. The minimum atomic E-state index is -0.571. The van der Waals surface area contributed by atoms with Crippen LogP contribution in [0.5, 0.6) is 0 Å². The fraction of sp³-hybridized carbons (Fsp3) is 0.280. The molecule has 10 nitrogen and oxygen atoms in total. The van der Waals surface area contributed by atoms with Crippen molar-refractivity contribution >= 4 is 57.9 Å². The minimum Gasteiger partial charge on any atom is -0.444 e. The van der Waals surface area contributed by atoms with E-state index in [1.54, 1.807) is 49.6 Å². The molecule has 0 radical (unpaired) electrons. The molecule has 0 fully saturated rings. The molecule has 6 rings (SSSR count). The SMILES string of the molecule is CC(C)(C)OC(=O)Nc1ccccc1CC(=O)c1ccccc1.CC(C)(C)OC(=O)Nc1ccccc1CCl.CC(C)(C)OC(=O)n1c(-c2ccccc2)cc2ccccc21. The van der Waals surface area contributed by atoms with Crippen molar-refractivity contribution in [2.75, 3.05) is 10.6 Å². The number of nitrogens with zero attached hydrogens (tertiary/aromatic N) is 1. The number of rotatable bonds is 7. The number of ketones is 1. The molecule has 0 bridgehead atoms. The third-order valence-corrected chi connectivity index (χ3v) is 8.54. The van der Waals surface area contributed by atoms with Gasteiger partial charge in [-0.25, -0.2) is 19.0 Å². The third-order valence-electron chi connectivity index (χ3n) is 8.25. The summed E-state index contributed by atoms with van der Waals surface area (Å²) >= 11 is 5.76. The lowest BCUT2D eigenvalue weighted by molar-refractivity contribution is 0.0544. The summed E-state index contributed by atoms with van der Waals surface area (Å²) < 4.78 is 17.6. The van der Waals surface area contributed by atoms with Crippen LogP contribution in [0.4, 0.5) is 25.8 Å². The number of fused-ring (bicyclic) bond motifs is 1. The molecule has 1 heterocycles. The minimum absolute atomic E-state index is 0.00374. The molecule has 0 saturated heterocycles. The lowest BCUT2D eigenvalue weighted by atomic mass is 10.0. The van der Waals surface area contributed by atoms with Crippen LogP contribution in [0, 0.1) is 0 Å². The van der Waals surface area contributed by atoms with Crippen LogP contribution >= 0.6 is 11.6 Å². The quantitative estimate of drug-likeness (QED) is 0.0931. The summed E-state index contributed by atoms with van der Waals surface area (Å²) in [5.41, 5.74) is 4.64. The summed E-state index contributed by atoms with van der Waals surface area (Å²) in [5.74, 6) is 0.357. The van der Waals surface area contributed by atoms with Crippen molar-refractivity contribution in [1.29, 1.82) is 0 Å². The number of carbonyl (C=O) groups is 4. The number of ether oxygens (including phenoxy) is 3. The summed E-state index contributed by atoms with van der Waals surface area (Å²) in [6, 6.07) is 43.4. The Labute approximate surface area is 364 Å². The van der Waals surface area contributed by atoms with Crippen LogP contribution in [0.1, 0.15) is 83.8 Å². The highest BCUT2D eigenvalue weighted by Gasteiger charge is 2.23. The maximum Gasteiger partial charge on any atom is 0.419 e. The summed E-state index contributed by atoms with van der Waals surface area (Å²) in [5, 5.41) is 6.40. The normalized spacial score (nSPS) is 11.2. The Morgan fingerprint density at radius 3 is 1.51 bits per heavy atom. The molecule has 6 aromatic rings. The highest BCUT2D eigenvalue weighted by atomic mass is 35.5. The number of Topliss-reactive ketones (excluding diaryl/α,β-unsaturated/α-hetero) is 1. The largest absolute Gasteiger partial charge is 0.444 e. The molecular weight excluding hydrogens is 790 g/mol. The highest BCUT2D eigenvalue weighted by Crippen LogP contribution is 2.29. The summed E-state index contributed by atoms with van der Waals surface area (Å²) in [7, 11) is 0. The number of amides is 2. The number of benzene rings is 5. The number of halogens is 1. The molecule has 0 atom stereocenters. The maximum absolute atomic E-state index is 12.7. The predicted molar refractivity (Wildman–Crippen MR) is 246 cm³/mol. The number of aromatic nitrogens is 1. The molecule has 0 aliphatic heterocycles. The Hall–Kier alpha value is -6.39. The fourth-order valence-electron chi connectivity index (χ4n) is 5.76. The molecule has 2 N–H and O–H groups in total. The molecule has 320 valence electrons. The van der Waals surface area contributed by atoms with E-state index in [1.807, 2.05) is 157 Å². The first-order chi connectivity index (χ1) is 28.7. The van der Waals surface area contributed by atoms with E-state index in [-0.39, 0.29) is 18.3 Å². The van der Waals surface area contributed by atoms with Crippen molar-refractivity contribution in [2.45, 2.75) is 91.4 Å². The molecule has 5 aromatic carbocycles. The van der Waals surface area contributed by atoms with Crippen molar-refractivity contribution in [3.8, 4) is 11.3 Å². The second-order valence-electron chi connectivity index (χ2n) is 16.9. The number of hydrogen-bond donors (Lipinski definition) is 2. The van der Waals surface area contributed by atoms with Crippen LogP contribution in [0.3, 0.4) is 0 Å². The van der Waals surface area contributed by atoms with Crippen molar-refractivity contribution in [3.63, 3.8) is 0 Å². The van der Waals surface area contributed by atoms with Gasteiger partial charge in [-0.1, -0.05) is 115 Å². The zero-order valence-electron chi connectivity index (χ0n) is 36.4. The monoisotopic (exact) mass is 845 g/mol. The number of anilines is 2. The summed E-state index contributed by atoms with van der Waals surface area (Å²) in [6.45, 7) is 16.5. The number of carbonyl (C=O) groups excluding carboxylic acids is 4. The zero-order valence-corrected chi connectivity index (χ0v) is 37.1. The lowest BCUT2D eigenvalue weighted by Gasteiger charge is -2.21. The Kier molecular flexibility index (Phi) is 16.5. The number of nitrogens with one attached hydrogen (secondary N) is 2. The van der Waals surface area contributed by atoms with Gasteiger partial charge in [0.25, 0.3) is 0 Å². The Morgan fingerprint density at radius 2 is 0.984 bits per heavy atom. The smallest absolute Gasteiger partial charge is 0.419 e. The fourth-order valence-corrected chi connectivity index (χ4v) is 5.99. The van der Waals surface area contributed by atoms with E-state index in [0.717, 1.165) is 33.3 Å². The van der Waals surface area contributed by atoms with E-state index >= 15 is 0 Å². The average molecular weight is 846 g/mol. The molecule has 0 saturated carbocycles. The standard InChI is InChI=1S/C19H21NO3.C19H19NO2.C12H16ClNO2/c1-19(2,3)23-18(22)20-16-12-8-7-11-15(16)13-17(21)14-9-5-4-6-10-14;1-19(2,3)22-18(21)20-16-12-8-7-11-15(16)13-17(20)14-9-5-4-6-10-14;1-12(2,3)16-11(15)14-10-7-5-4-6-9(10)8-13/h4-12H,13H2,1-3H3,(H,20,22);4-13H,1-3H3;4-7H,8H2,1-3H3,(H,14,15). The Bertz CT molecular complexity index is 2390. The van der Waals surface area contributed by atoms with Crippen molar-refractivity contribution in [2.24, 2.45) is 0 Å². The molecule has 0 aliphatic rings. The zero-order chi connectivity index (χ0) is 44.8. The van der Waals surface area contributed by atoms with Gasteiger partial charge in [-0.2, -0.15) is 0 Å². The molecular formula is C50H56ClN3O7. The van der Waals surface area contributed by atoms with Crippen molar-refractivity contribution < 1.29 is 33.4 Å². The Morgan fingerprint density at radius 1 is 0.541 bits per heavy atom. The van der Waals surface area contributed by atoms with Gasteiger partial charge in [0.05, 0.1) is 11.2 Å². The van der Waals surface area contributed by atoms with E-state index < -0.39 is 29.0 Å². The van der Waals surface area contributed by atoms with Gasteiger partial charge in [0.2, 0.25) is 0 Å². The molecule has 0 unspecified atom stereocenters. The van der Waals surface area contributed by atoms with Gasteiger partial charge >= 0.3 is 18.3 Å². The molecule has 61 heavy (non-hydrogen) atoms. The number of alkyl halides is 1. The van der Waals surface area contributed by atoms with Gasteiger partial charge in [0.15, 0.2) is 5.78 Å². The maximum atomic E-state index is 12.7. The molecule has 2 amide bonds. The number of para-hydroxylation sites is 3. The summed E-state index contributed by atoms with van der Waals surface area (Å²) in [4.78, 5) is 48.4. The van der Waals surface area contributed by atoms with E-state index in [9.17, 15) is 19.2 Å². The van der Waals surface area contributed by atoms with Crippen LogP contribution in [0.25, 0.3) is 22.2 Å². The Balaban J connectivity index is 0.000000205. The van der Waals surface area contributed by atoms with Crippen molar-refractivity contribution in [3.05, 3.63) is 156 Å². The lowest BCUT2D eigenvalue weighted by Crippen LogP contribution is -2.27. The first-order valence-corrected chi connectivity index (χ1v) is 20.5. The van der Waals surface area contributed by atoms with Crippen LogP contribution in [0.2, 0.25) is 0 Å². The van der Waals surface area contributed by atoms with E-state index in [2.05, 4.69) is 10.6 Å². The van der Waals surface area contributed by atoms with Crippen LogP contribution in [-0.2, 0) is 26.5 Å². The van der Waals surface area contributed by atoms with Gasteiger partial charge in [-0.05, 0) is 103 Å². The van der Waals surface area contributed by atoms with E-state index in [4.69, 9.17) is 25.8 Å². The summed E-state index contributed by atoms with van der Waals surface area (Å²) in [6.07, 6.45) is -1.13. The second-order valence-corrected chi connectivity index (χ2v) is 17.2. The molecule has 0 aliphatic carbocycles. The van der Waals surface area contributed by atoms with E-state index in [1.165, 1.54) is 0 Å². The number of hydrogen-bond acceptors (Lipinski definition) is 7. The van der Waals surface area contributed by atoms with Gasteiger partial charge in [0.1, 0.15) is 16.8 Å². The van der Waals surface area contributed by atoms with Gasteiger partial charge in [-0.15, -0.1) is 11.6 Å². The second kappa shape index (κ2) is 21.2. The van der Waals surface area contributed by atoms with E-state index in [0.29, 0.717) is 22.8 Å². The third kappa shape index (κ3) is 15.6. The first-order valence-electron chi connectivity index (χ1n) is 19.9. The van der Waals surface area contributed by atoms with Crippen molar-refractivity contribution in [1.82, 2.24) is 4.57 Å². The van der Waals surface area contributed by atoms with Crippen LogP contribution in [0.15, 0.2) is 140 Å². The first kappa shape index (κ1) is 47.3. The van der Waals surface area contributed by atoms with Gasteiger partial charge < -0.3 is 14.2 Å². The van der Waals surface area contributed by atoms with Crippen LogP contribution < -0.4 is 10.6 Å². The highest BCUT2D eigenvalue weighted by molar-refractivity contribution is 6.17. The van der Waals surface area contributed by atoms with Gasteiger partial charge in [-0.3, -0.25) is 15.4 Å². The molecule has 1 aromatic heterocycles. The van der Waals surface area contributed by atoms with Crippen LogP contribution in [-0.4, -0.2) is 45.4 Å². The molecule has 0 spiro atoms.